The first-order valence-corrected chi connectivity index (χ1v) is 16.6. The lowest BCUT2D eigenvalue weighted by atomic mass is 9.94. The van der Waals surface area contributed by atoms with E-state index in [0.717, 1.165) is 18.4 Å². The van der Waals surface area contributed by atoms with Crippen molar-refractivity contribution < 1.29 is 5.11 Å². The molecule has 0 radical (unpaired) electrons. The molecule has 5 aromatic carbocycles. The molecule has 0 heterocycles. The number of rotatable bonds is 8. The Morgan fingerprint density at radius 2 is 0.949 bits per heavy atom. The zero-order chi connectivity index (χ0) is 26.4. The van der Waals surface area contributed by atoms with Crippen LogP contribution >= 0.6 is 15.8 Å². The lowest BCUT2D eigenvalue weighted by Crippen LogP contribution is -2.31. The molecule has 6 rings (SSSR count). The van der Waals surface area contributed by atoms with Crippen molar-refractivity contribution in [2.75, 3.05) is 0 Å². The van der Waals surface area contributed by atoms with Crippen LogP contribution in [0.25, 0.3) is 0 Å². The van der Waals surface area contributed by atoms with Crippen LogP contribution < -0.4 is 26.5 Å². The smallest absolute Gasteiger partial charge is 0.0830 e. The third kappa shape index (κ3) is 5.64. The molecule has 0 aromatic heterocycles. The van der Waals surface area contributed by atoms with Gasteiger partial charge in [-0.25, -0.2) is 0 Å². The van der Waals surface area contributed by atoms with Crippen LogP contribution in [0.1, 0.15) is 30.9 Å². The minimum absolute atomic E-state index is 0.223. The molecule has 1 aliphatic carbocycles. The van der Waals surface area contributed by atoms with Crippen LogP contribution in [0.5, 0.6) is 0 Å². The first-order valence-electron chi connectivity index (χ1n) is 13.9. The largest absolute Gasteiger partial charge is 0.388 e. The van der Waals surface area contributed by atoms with Crippen molar-refractivity contribution in [2.24, 2.45) is 5.92 Å². The molecule has 0 aliphatic heterocycles. The van der Waals surface area contributed by atoms with Crippen LogP contribution in [0.4, 0.5) is 0 Å². The fourth-order valence-corrected chi connectivity index (χ4v) is 11.8. The van der Waals surface area contributed by atoms with E-state index >= 15 is 0 Å². The van der Waals surface area contributed by atoms with E-state index in [9.17, 15) is 5.11 Å². The van der Waals surface area contributed by atoms with Gasteiger partial charge in [0, 0.05) is 0 Å². The molecule has 1 nitrogen and oxygen atoms in total. The van der Waals surface area contributed by atoms with Gasteiger partial charge in [-0.05, 0) is 72.3 Å². The fraction of sp³-hybridized carbons (Fsp3) is 0.167. The Hall–Kier alpha value is -3.08. The maximum atomic E-state index is 12.3. The van der Waals surface area contributed by atoms with Crippen LogP contribution in [0.3, 0.4) is 0 Å². The number of hydrogen-bond acceptors (Lipinski definition) is 1. The predicted molar refractivity (Wildman–Crippen MR) is 170 cm³/mol. The molecular formula is C36H34OP2. The zero-order valence-electron chi connectivity index (χ0n) is 22.1. The summed E-state index contributed by atoms with van der Waals surface area (Å²) in [7, 11) is -1.37. The van der Waals surface area contributed by atoms with Gasteiger partial charge >= 0.3 is 0 Å². The van der Waals surface area contributed by atoms with Gasteiger partial charge in [0.05, 0.1) is 6.10 Å². The summed E-state index contributed by atoms with van der Waals surface area (Å²) in [6.07, 6.45) is 2.89. The van der Waals surface area contributed by atoms with Gasteiger partial charge in [0.1, 0.15) is 0 Å². The molecule has 3 atom stereocenters. The standard InChI is InChI=1S/C36H34OP2/c37-36(33-25-15-27-35(33)39(30-20-9-3-10-21-30)31-22-11-4-12-23-31)32-24-13-14-26-34(32)38(28-16-5-1-6-17-28)29-18-7-2-8-19-29/h1-14,16-24,26,33,35-37H,15,25,27H2/t33-,35?,36+/m1/s1. The third-order valence-electron chi connectivity index (χ3n) is 7.86. The molecule has 1 saturated carbocycles. The van der Waals surface area contributed by atoms with Gasteiger partial charge in [-0.15, -0.1) is 0 Å². The second kappa shape index (κ2) is 12.4. The Balaban J connectivity index is 1.41. The third-order valence-corrected chi connectivity index (χ3v) is 13.4. The van der Waals surface area contributed by atoms with Crippen molar-refractivity contribution in [2.45, 2.75) is 31.0 Å². The van der Waals surface area contributed by atoms with Gasteiger partial charge in [0.25, 0.3) is 0 Å². The summed E-state index contributed by atoms with van der Waals surface area (Å²) in [5, 5.41) is 19.0. The van der Waals surface area contributed by atoms with Crippen molar-refractivity contribution in [1.82, 2.24) is 0 Å². The van der Waals surface area contributed by atoms with E-state index in [-0.39, 0.29) is 5.92 Å². The molecule has 0 amide bonds. The second-order valence-corrected chi connectivity index (χ2v) is 14.8. The lowest BCUT2D eigenvalue weighted by Gasteiger charge is -2.34. The Kier molecular flexibility index (Phi) is 8.32. The topological polar surface area (TPSA) is 20.2 Å². The van der Waals surface area contributed by atoms with E-state index in [0.29, 0.717) is 5.66 Å². The summed E-state index contributed by atoms with van der Waals surface area (Å²) in [5.74, 6) is 0.223. The zero-order valence-corrected chi connectivity index (χ0v) is 23.8. The molecule has 0 saturated heterocycles. The van der Waals surface area contributed by atoms with Crippen molar-refractivity contribution >= 4 is 42.4 Å². The van der Waals surface area contributed by atoms with E-state index < -0.39 is 21.9 Å². The summed E-state index contributed by atoms with van der Waals surface area (Å²) >= 11 is 0. The molecule has 1 fully saturated rings. The maximum absolute atomic E-state index is 12.3. The number of aliphatic hydroxyl groups is 1. The van der Waals surface area contributed by atoms with E-state index in [2.05, 4.69) is 146 Å². The Morgan fingerprint density at radius 1 is 0.513 bits per heavy atom. The highest BCUT2D eigenvalue weighted by atomic mass is 31.1. The van der Waals surface area contributed by atoms with Gasteiger partial charge in [-0.3, -0.25) is 0 Å². The summed E-state index contributed by atoms with van der Waals surface area (Å²) in [6.45, 7) is 0. The first kappa shape index (κ1) is 26.2. The Bertz CT molecular complexity index is 1380. The highest BCUT2D eigenvalue weighted by Gasteiger charge is 2.40. The first-order chi connectivity index (χ1) is 19.3. The molecule has 194 valence electrons. The SMILES string of the molecule is O[C@@H](c1ccccc1P(c1ccccc1)c1ccccc1)[C@@H]1CCCC1P(c1ccccc1)c1ccccc1. The molecule has 3 heteroatoms. The van der Waals surface area contributed by atoms with Crippen LogP contribution in [-0.4, -0.2) is 10.8 Å². The fourth-order valence-electron chi connectivity index (χ4n) is 6.12. The van der Waals surface area contributed by atoms with Crippen LogP contribution in [0.15, 0.2) is 146 Å². The van der Waals surface area contributed by atoms with E-state index in [1.807, 2.05) is 0 Å². The van der Waals surface area contributed by atoms with Crippen molar-refractivity contribution in [3.8, 4) is 0 Å². The van der Waals surface area contributed by atoms with Crippen molar-refractivity contribution in [3.05, 3.63) is 151 Å². The quantitative estimate of drug-likeness (QED) is 0.214. The number of benzene rings is 5. The number of hydrogen-bond donors (Lipinski definition) is 1. The molecular weight excluding hydrogens is 510 g/mol. The van der Waals surface area contributed by atoms with E-state index in [4.69, 9.17) is 0 Å². The highest BCUT2D eigenvalue weighted by Crippen LogP contribution is 2.53. The summed E-state index contributed by atoms with van der Waals surface area (Å²) in [6, 6.07) is 52.4. The normalized spacial score (nSPS) is 17.9. The minimum Gasteiger partial charge on any atom is -0.388 e. The van der Waals surface area contributed by atoms with Gasteiger partial charge in [-0.1, -0.05) is 152 Å². The molecule has 0 spiro atoms. The van der Waals surface area contributed by atoms with Gasteiger partial charge in [0.15, 0.2) is 0 Å². The van der Waals surface area contributed by atoms with Crippen LogP contribution in [0, 0.1) is 5.92 Å². The highest BCUT2D eigenvalue weighted by molar-refractivity contribution is 7.80. The Morgan fingerprint density at radius 3 is 1.46 bits per heavy atom. The van der Waals surface area contributed by atoms with Crippen molar-refractivity contribution in [3.63, 3.8) is 0 Å². The Labute approximate surface area is 235 Å². The molecule has 39 heavy (non-hydrogen) atoms. The van der Waals surface area contributed by atoms with Crippen LogP contribution in [0.2, 0.25) is 0 Å². The molecule has 1 unspecified atom stereocenters. The second-order valence-electron chi connectivity index (χ2n) is 10.2. The average molecular weight is 545 g/mol. The lowest BCUT2D eigenvalue weighted by molar-refractivity contribution is 0.114. The molecule has 1 aliphatic rings. The summed E-state index contributed by atoms with van der Waals surface area (Å²) in [5.41, 5.74) is 1.54. The molecule has 5 aromatic rings. The summed E-state index contributed by atoms with van der Waals surface area (Å²) < 4.78 is 0. The average Bonchev–Trinajstić information content (AvgIpc) is 3.49. The van der Waals surface area contributed by atoms with Crippen molar-refractivity contribution in [1.29, 1.82) is 0 Å². The number of aliphatic hydroxyl groups excluding tert-OH is 1. The van der Waals surface area contributed by atoms with E-state index in [1.165, 1.54) is 32.9 Å². The predicted octanol–water partition coefficient (Wildman–Crippen LogP) is 6.78. The van der Waals surface area contributed by atoms with Gasteiger partial charge < -0.3 is 5.11 Å². The van der Waals surface area contributed by atoms with Gasteiger partial charge in [0.2, 0.25) is 0 Å². The molecule has 0 bridgehead atoms. The minimum atomic E-state index is -0.786. The summed E-state index contributed by atoms with van der Waals surface area (Å²) in [4.78, 5) is 0. The van der Waals surface area contributed by atoms with E-state index in [1.54, 1.807) is 0 Å². The van der Waals surface area contributed by atoms with Gasteiger partial charge in [-0.2, -0.15) is 0 Å². The monoisotopic (exact) mass is 544 g/mol. The molecule has 1 N–H and O–H groups in total. The maximum Gasteiger partial charge on any atom is 0.0830 e. The van der Waals surface area contributed by atoms with Crippen LogP contribution in [-0.2, 0) is 0 Å².